The van der Waals surface area contributed by atoms with E-state index in [1.54, 1.807) is 0 Å². The molecule has 2 rings (SSSR count). The molecule has 94 valence electrons. The average Bonchev–Trinajstić information content (AvgIpc) is 2.81. The lowest BCUT2D eigenvalue weighted by atomic mass is 10.2. The number of hydrogen-bond donors (Lipinski definition) is 1. The van der Waals surface area contributed by atoms with E-state index in [4.69, 9.17) is 9.47 Å². The van der Waals surface area contributed by atoms with Gasteiger partial charge in [0.2, 0.25) is 6.79 Å². The van der Waals surface area contributed by atoms with Crippen LogP contribution in [0.5, 0.6) is 11.5 Å². The second-order valence-electron chi connectivity index (χ2n) is 4.25. The maximum absolute atomic E-state index is 5.36. The molecule has 1 aromatic carbocycles. The summed E-state index contributed by atoms with van der Waals surface area (Å²) in [5.41, 5.74) is 1.24. The minimum atomic E-state index is 0.344. The van der Waals surface area contributed by atoms with Crippen molar-refractivity contribution in [3.8, 4) is 11.5 Å². The van der Waals surface area contributed by atoms with Crippen LogP contribution in [0, 0.1) is 0 Å². The molecule has 0 fully saturated rings. The SMILES string of the molecule is CSCCC(C)NCc1ccc2c(c1)OCO2. The van der Waals surface area contributed by atoms with Crippen molar-refractivity contribution in [2.45, 2.75) is 25.9 Å². The first-order chi connectivity index (χ1) is 8.29. The molecule has 1 N–H and O–H groups in total. The second-order valence-corrected chi connectivity index (χ2v) is 5.24. The number of ether oxygens (including phenoxy) is 2. The zero-order valence-corrected chi connectivity index (χ0v) is 11.2. The van der Waals surface area contributed by atoms with Crippen LogP contribution in [0.2, 0.25) is 0 Å². The molecule has 0 bridgehead atoms. The molecule has 3 nitrogen and oxygen atoms in total. The molecule has 1 unspecified atom stereocenters. The second kappa shape index (κ2) is 6.17. The topological polar surface area (TPSA) is 30.5 Å². The summed E-state index contributed by atoms with van der Waals surface area (Å²) >= 11 is 1.89. The van der Waals surface area contributed by atoms with Crippen LogP contribution in [0.25, 0.3) is 0 Å². The third-order valence-electron chi connectivity index (χ3n) is 2.85. The first-order valence-electron chi connectivity index (χ1n) is 5.90. The zero-order valence-electron chi connectivity index (χ0n) is 10.4. The monoisotopic (exact) mass is 253 g/mol. The summed E-state index contributed by atoms with van der Waals surface area (Å²) in [7, 11) is 0. The standard InChI is InChI=1S/C13H19NO2S/c1-10(5-6-17-2)14-8-11-3-4-12-13(7-11)16-9-15-12/h3-4,7,10,14H,5-6,8-9H2,1-2H3. The molecule has 1 aliphatic heterocycles. The van der Waals surface area contributed by atoms with E-state index in [1.165, 1.54) is 17.7 Å². The number of rotatable bonds is 6. The predicted octanol–water partition coefficient (Wildman–Crippen LogP) is 2.65. The van der Waals surface area contributed by atoms with Crippen molar-refractivity contribution in [3.05, 3.63) is 23.8 Å². The molecule has 4 heteroatoms. The molecule has 0 aliphatic carbocycles. The lowest BCUT2D eigenvalue weighted by molar-refractivity contribution is 0.174. The Morgan fingerprint density at radius 1 is 1.35 bits per heavy atom. The molecular formula is C13H19NO2S. The Hall–Kier alpha value is -0.870. The van der Waals surface area contributed by atoms with Gasteiger partial charge in [0.05, 0.1) is 0 Å². The zero-order chi connectivity index (χ0) is 12.1. The van der Waals surface area contributed by atoms with Gasteiger partial charge in [-0.25, -0.2) is 0 Å². The lowest BCUT2D eigenvalue weighted by Crippen LogP contribution is -2.25. The van der Waals surface area contributed by atoms with Gasteiger partial charge >= 0.3 is 0 Å². The first kappa shape index (κ1) is 12.6. The maximum atomic E-state index is 5.36. The van der Waals surface area contributed by atoms with Gasteiger partial charge in [0.25, 0.3) is 0 Å². The third-order valence-corrected chi connectivity index (χ3v) is 3.49. The maximum Gasteiger partial charge on any atom is 0.231 e. The van der Waals surface area contributed by atoms with E-state index in [9.17, 15) is 0 Å². The minimum Gasteiger partial charge on any atom is -0.454 e. The highest BCUT2D eigenvalue weighted by Gasteiger charge is 2.13. The molecule has 0 radical (unpaired) electrons. The van der Waals surface area contributed by atoms with Crippen LogP contribution in [0.1, 0.15) is 18.9 Å². The predicted molar refractivity (Wildman–Crippen MR) is 71.9 cm³/mol. The van der Waals surface area contributed by atoms with Gasteiger partial charge in [0.15, 0.2) is 11.5 Å². The Morgan fingerprint density at radius 3 is 3.00 bits per heavy atom. The smallest absolute Gasteiger partial charge is 0.231 e. The van der Waals surface area contributed by atoms with Crippen LogP contribution < -0.4 is 14.8 Å². The quantitative estimate of drug-likeness (QED) is 0.844. The van der Waals surface area contributed by atoms with Crippen molar-refractivity contribution in [2.75, 3.05) is 18.8 Å². The van der Waals surface area contributed by atoms with Gasteiger partial charge < -0.3 is 14.8 Å². The highest BCUT2D eigenvalue weighted by molar-refractivity contribution is 7.98. The highest BCUT2D eigenvalue weighted by Crippen LogP contribution is 2.32. The molecule has 0 aromatic heterocycles. The molecule has 0 saturated heterocycles. The summed E-state index contributed by atoms with van der Waals surface area (Å²) in [6.07, 6.45) is 3.34. The van der Waals surface area contributed by atoms with Gasteiger partial charge in [0, 0.05) is 12.6 Å². The summed E-state index contributed by atoms with van der Waals surface area (Å²) in [6.45, 7) is 3.45. The van der Waals surface area contributed by atoms with E-state index >= 15 is 0 Å². The first-order valence-corrected chi connectivity index (χ1v) is 7.30. The van der Waals surface area contributed by atoms with E-state index in [0.717, 1.165) is 18.0 Å². The van der Waals surface area contributed by atoms with Crippen molar-refractivity contribution in [3.63, 3.8) is 0 Å². The molecule has 0 spiro atoms. The normalized spacial score (nSPS) is 14.9. The van der Waals surface area contributed by atoms with Crippen LogP contribution >= 0.6 is 11.8 Å². The summed E-state index contributed by atoms with van der Waals surface area (Å²) in [5, 5.41) is 3.52. The summed E-state index contributed by atoms with van der Waals surface area (Å²) < 4.78 is 10.6. The molecule has 1 aliphatic rings. The molecule has 1 heterocycles. The average molecular weight is 253 g/mol. The fraction of sp³-hybridized carbons (Fsp3) is 0.538. The van der Waals surface area contributed by atoms with Gasteiger partial charge in [-0.1, -0.05) is 6.07 Å². The molecule has 0 saturated carbocycles. The van der Waals surface area contributed by atoms with Gasteiger partial charge in [0.1, 0.15) is 0 Å². The van der Waals surface area contributed by atoms with Crippen molar-refractivity contribution in [2.24, 2.45) is 0 Å². The van der Waals surface area contributed by atoms with Crippen molar-refractivity contribution >= 4 is 11.8 Å². The van der Waals surface area contributed by atoms with Gasteiger partial charge in [-0.2, -0.15) is 11.8 Å². The van der Waals surface area contributed by atoms with Crippen molar-refractivity contribution < 1.29 is 9.47 Å². The third kappa shape index (κ3) is 3.54. The molecule has 1 aromatic rings. The number of nitrogens with one attached hydrogen (secondary N) is 1. The molecule has 17 heavy (non-hydrogen) atoms. The van der Waals surface area contributed by atoms with Crippen LogP contribution in [0.3, 0.4) is 0 Å². The minimum absolute atomic E-state index is 0.344. The fourth-order valence-corrected chi connectivity index (χ4v) is 2.33. The summed E-state index contributed by atoms with van der Waals surface area (Å²) in [6, 6.07) is 6.66. The Kier molecular flexibility index (Phi) is 4.57. The van der Waals surface area contributed by atoms with Gasteiger partial charge in [-0.05, 0) is 43.0 Å². The van der Waals surface area contributed by atoms with Gasteiger partial charge in [-0.15, -0.1) is 0 Å². The van der Waals surface area contributed by atoms with E-state index in [1.807, 2.05) is 17.8 Å². The fourth-order valence-electron chi connectivity index (χ4n) is 1.74. The molecule has 1 atom stereocenters. The number of fused-ring (bicyclic) bond motifs is 1. The number of hydrogen-bond acceptors (Lipinski definition) is 4. The van der Waals surface area contributed by atoms with E-state index < -0.39 is 0 Å². The number of benzene rings is 1. The van der Waals surface area contributed by atoms with Crippen molar-refractivity contribution in [1.82, 2.24) is 5.32 Å². The lowest BCUT2D eigenvalue weighted by Gasteiger charge is -2.13. The van der Waals surface area contributed by atoms with E-state index in [0.29, 0.717) is 12.8 Å². The van der Waals surface area contributed by atoms with Crippen LogP contribution in [0.15, 0.2) is 18.2 Å². The molecular weight excluding hydrogens is 234 g/mol. The van der Waals surface area contributed by atoms with E-state index in [2.05, 4.69) is 30.6 Å². The Labute approximate surface area is 107 Å². The van der Waals surface area contributed by atoms with Crippen LogP contribution in [-0.4, -0.2) is 24.8 Å². The largest absolute Gasteiger partial charge is 0.454 e. The Morgan fingerprint density at radius 2 is 2.18 bits per heavy atom. The number of thioether (sulfide) groups is 1. The van der Waals surface area contributed by atoms with Gasteiger partial charge in [-0.3, -0.25) is 0 Å². The van der Waals surface area contributed by atoms with E-state index in [-0.39, 0.29) is 0 Å². The molecule has 0 amide bonds. The summed E-state index contributed by atoms with van der Waals surface area (Å²) in [4.78, 5) is 0. The highest BCUT2D eigenvalue weighted by atomic mass is 32.2. The van der Waals surface area contributed by atoms with Crippen molar-refractivity contribution in [1.29, 1.82) is 0 Å². The Balaban J connectivity index is 1.83. The van der Waals surface area contributed by atoms with Crippen LogP contribution in [0.4, 0.5) is 0 Å². The summed E-state index contributed by atoms with van der Waals surface area (Å²) in [5.74, 6) is 2.92. The van der Waals surface area contributed by atoms with Crippen LogP contribution in [-0.2, 0) is 6.54 Å². The Bertz CT molecular complexity index is 370.